The lowest BCUT2D eigenvalue weighted by atomic mass is 9.75. The van der Waals surface area contributed by atoms with Crippen LogP contribution in [0, 0.1) is 17.8 Å². The quantitative estimate of drug-likeness (QED) is 0.547. The average Bonchev–Trinajstić information content (AvgIpc) is 2.55. The van der Waals surface area contributed by atoms with Crippen LogP contribution in [0.5, 0.6) is 0 Å². The van der Waals surface area contributed by atoms with Crippen molar-refractivity contribution in [3.05, 3.63) is 28.0 Å². The first-order valence-corrected chi connectivity index (χ1v) is 9.21. The van der Waals surface area contributed by atoms with Gasteiger partial charge < -0.3 is 9.47 Å². The molecule has 2 rings (SSSR count). The first-order chi connectivity index (χ1) is 11.8. The maximum absolute atomic E-state index is 12.1. The van der Waals surface area contributed by atoms with Crippen LogP contribution >= 0.6 is 23.2 Å². The van der Waals surface area contributed by atoms with E-state index in [1.807, 2.05) is 0 Å². The van der Waals surface area contributed by atoms with Crippen LogP contribution in [0.3, 0.4) is 0 Å². The van der Waals surface area contributed by atoms with Crippen LogP contribution in [0.15, 0.2) is 12.3 Å². The van der Waals surface area contributed by atoms with Crippen molar-refractivity contribution in [1.82, 2.24) is 4.98 Å². The number of esters is 2. The first kappa shape index (κ1) is 20.0. The van der Waals surface area contributed by atoms with Gasteiger partial charge in [-0.25, -0.2) is 14.6 Å². The molecule has 25 heavy (non-hydrogen) atoms. The Morgan fingerprint density at radius 3 is 2.68 bits per heavy atom. The van der Waals surface area contributed by atoms with Crippen molar-refractivity contribution in [1.29, 1.82) is 0 Å². The van der Waals surface area contributed by atoms with Gasteiger partial charge in [0, 0.05) is 6.20 Å². The Balaban J connectivity index is 1.88. The van der Waals surface area contributed by atoms with Crippen molar-refractivity contribution in [2.45, 2.75) is 46.1 Å². The average molecular weight is 388 g/mol. The molecule has 0 radical (unpaired) electrons. The zero-order chi connectivity index (χ0) is 18.6. The van der Waals surface area contributed by atoms with Crippen LogP contribution in [0.25, 0.3) is 0 Å². The molecular weight excluding hydrogens is 365 g/mol. The van der Waals surface area contributed by atoms with Crippen LogP contribution < -0.4 is 0 Å². The molecule has 7 heteroatoms. The van der Waals surface area contributed by atoms with E-state index in [0.29, 0.717) is 17.8 Å². The van der Waals surface area contributed by atoms with E-state index in [-0.39, 0.29) is 21.8 Å². The SMILES string of the molecule is CC(C)[C@@H]1CC[C@@H](C)C[C@H]1OC(=O)COC(=O)c1cnc(Cl)c(Cl)c1. The molecule has 1 fully saturated rings. The molecule has 0 amide bonds. The normalized spacial score (nSPS) is 23.4. The fourth-order valence-corrected chi connectivity index (χ4v) is 3.46. The standard InChI is InChI=1S/C18H23Cl2NO4/c1-10(2)13-5-4-11(3)6-15(13)25-16(22)9-24-18(23)12-7-14(19)17(20)21-8-12/h7-8,10-11,13,15H,4-6,9H2,1-3H3/t11-,13+,15-/m1/s1. The second kappa shape index (κ2) is 8.86. The van der Waals surface area contributed by atoms with E-state index >= 15 is 0 Å². The molecule has 0 aromatic carbocycles. The lowest BCUT2D eigenvalue weighted by molar-refractivity contribution is -0.159. The summed E-state index contributed by atoms with van der Waals surface area (Å²) >= 11 is 11.5. The molecule has 0 saturated heterocycles. The van der Waals surface area contributed by atoms with Gasteiger partial charge in [0.15, 0.2) is 6.61 Å². The van der Waals surface area contributed by atoms with Crippen molar-refractivity contribution < 1.29 is 19.1 Å². The molecule has 1 aliphatic rings. The van der Waals surface area contributed by atoms with Gasteiger partial charge in [0.25, 0.3) is 0 Å². The summed E-state index contributed by atoms with van der Waals surface area (Å²) in [4.78, 5) is 27.8. The molecule has 1 aromatic rings. The number of rotatable bonds is 5. The monoisotopic (exact) mass is 387 g/mol. The Kier molecular flexibility index (Phi) is 7.08. The third kappa shape index (κ3) is 5.58. The Morgan fingerprint density at radius 1 is 1.32 bits per heavy atom. The summed E-state index contributed by atoms with van der Waals surface area (Å²) in [6, 6.07) is 1.35. The van der Waals surface area contributed by atoms with E-state index in [0.717, 1.165) is 19.3 Å². The van der Waals surface area contributed by atoms with Crippen molar-refractivity contribution in [3.8, 4) is 0 Å². The molecule has 1 heterocycles. The molecule has 0 unspecified atom stereocenters. The molecule has 0 aliphatic heterocycles. The largest absolute Gasteiger partial charge is 0.460 e. The van der Waals surface area contributed by atoms with Gasteiger partial charge >= 0.3 is 11.9 Å². The molecule has 5 nitrogen and oxygen atoms in total. The van der Waals surface area contributed by atoms with Gasteiger partial charge in [-0.1, -0.05) is 50.4 Å². The van der Waals surface area contributed by atoms with Crippen LogP contribution in [0.2, 0.25) is 10.2 Å². The summed E-state index contributed by atoms with van der Waals surface area (Å²) in [5, 5.41) is 0.249. The summed E-state index contributed by atoms with van der Waals surface area (Å²) in [6.45, 7) is 6.00. The number of nitrogens with zero attached hydrogens (tertiary/aromatic N) is 1. The number of halogens is 2. The predicted octanol–water partition coefficient (Wildman–Crippen LogP) is 4.55. The van der Waals surface area contributed by atoms with Crippen molar-refractivity contribution in [3.63, 3.8) is 0 Å². The third-order valence-corrected chi connectivity index (χ3v) is 5.28. The molecule has 138 valence electrons. The highest BCUT2D eigenvalue weighted by molar-refractivity contribution is 6.41. The van der Waals surface area contributed by atoms with Gasteiger partial charge in [-0.15, -0.1) is 0 Å². The van der Waals surface area contributed by atoms with Gasteiger partial charge in [0.05, 0.1) is 10.6 Å². The Bertz CT molecular complexity index is 636. The summed E-state index contributed by atoms with van der Waals surface area (Å²) in [5.74, 6) is 0.0782. The van der Waals surface area contributed by atoms with Gasteiger partial charge in [0.2, 0.25) is 0 Å². The number of carbonyl (C=O) groups is 2. The lowest BCUT2D eigenvalue weighted by Crippen LogP contribution is -2.36. The topological polar surface area (TPSA) is 65.5 Å². The molecule has 1 aromatic heterocycles. The van der Waals surface area contributed by atoms with Crippen LogP contribution in [-0.4, -0.2) is 29.6 Å². The Labute approximate surface area is 158 Å². The smallest absolute Gasteiger partial charge is 0.344 e. The highest BCUT2D eigenvalue weighted by atomic mass is 35.5. The minimum Gasteiger partial charge on any atom is -0.460 e. The fraction of sp³-hybridized carbons (Fsp3) is 0.611. The summed E-state index contributed by atoms with van der Waals surface area (Å²) < 4.78 is 10.6. The number of hydrogen-bond donors (Lipinski definition) is 0. The molecule has 0 N–H and O–H groups in total. The summed E-state index contributed by atoms with van der Waals surface area (Å²) in [7, 11) is 0. The highest BCUT2D eigenvalue weighted by Crippen LogP contribution is 2.35. The van der Waals surface area contributed by atoms with Gasteiger partial charge in [0.1, 0.15) is 11.3 Å². The number of aromatic nitrogens is 1. The molecular formula is C18H23Cl2NO4. The second-order valence-corrected chi connectivity index (χ2v) is 7.69. The second-order valence-electron chi connectivity index (χ2n) is 6.93. The molecule has 0 bridgehead atoms. The third-order valence-electron chi connectivity index (χ3n) is 4.60. The van der Waals surface area contributed by atoms with Crippen molar-refractivity contribution >= 4 is 35.1 Å². The van der Waals surface area contributed by atoms with E-state index in [9.17, 15) is 9.59 Å². The van der Waals surface area contributed by atoms with E-state index in [1.54, 1.807) is 0 Å². The predicted molar refractivity (Wildman–Crippen MR) is 95.8 cm³/mol. The maximum atomic E-state index is 12.1. The number of pyridine rings is 1. The minimum atomic E-state index is -0.694. The fourth-order valence-electron chi connectivity index (χ4n) is 3.19. The summed E-state index contributed by atoms with van der Waals surface area (Å²) in [6.07, 6.45) is 4.17. The number of hydrogen-bond acceptors (Lipinski definition) is 5. The van der Waals surface area contributed by atoms with Crippen LogP contribution in [-0.2, 0) is 14.3 Å². The Hall–Kier alpha value is -1.33. The van der Waals surface area contributed by atoms with E-state index in [4.69, 9.17) is 32.7 Å². The maximum Gasteiger partial charge on any atom is 0.344 e. The molecule has 1 aliphatic carbocycles. The lowest BCUT2D eigenvalue weighted by Gasteiger charge is -2.36. The van der Waals surface area contributed by atoms with Crippen LogP contribution in [0.1, 0.15) is 50.4 Å². The van der Waals surface area contributed by atoms with Crippen molar-refractivity contribution in [2.24, 2.45) is 17.8 Å². The number of carbonyl (C=O) groups excluding carboxylic acids is 2. The van der Waals surface area contributed by atoms with Gasteiger partial charge in [-0.3, -0.25) is 0 Å². The number of ether oxygens (including phenoxy) is 2. The molecule has 3 atom stereocenters. The minimum absolute atomic E-state index is 0.101. The zero-order valence-electron chi connectivity index (χ0n) is 14.6. The van der Waals surface area contributed by atoms with E-state index < -0.39 is 18.5 Å². The first-order valence-electron chi connectivity index (χ1n) is 8.45. The zero-order valence-corrected chi connectivity index (χ0v) is 16.1. The van der Waals surface area contributed by atoms with Gasteiger partial charge in [-0.05, 0) is 36.7 Å². The summed E-state index contributed by atoms with van der Waals surface area (Å²) in [5.41, 5.74) is 0.133. The van der Waals surface area contributed by atoms with Crippen molar-refractivity contribution in [2.75, 3.05) is 6.61 Å². The highest BCUT2D eigenvalue weighted by Gasteiger charge is 2.33. The van der Waals surface area contributed by atoms with Crippen LogP contribution in [0.4, 0.5) is 0 Å². The molecule has 1 saturated carbocycles. The molecule has 0 spiro atoms. The Morgan fingerprint density at radius 2 is 2.04 bits per heavy atom. The van der Waals surface area contributed by atoms with Gasteiger partial charge in [-0.2, -0.15) is 0 Å². The van der Waals surface area contributed by atoms with E-state index in [2.05, 4.69) is 25.8 Å². The van der Waals surface area contributed by atoms with E-state index in [1.165, 1.54) is 12.3 Å².